The highest BCUT2D eigenvalue weighted by Crippen LogP contribution is 2.72. The minimum Gasteiger partial charge on any atom is -0.393 e. The molecule has 2 heteroatoms. The maximum absolute atomic E-state index is 11.5. The van der Waals surface area contributed by atoms with Crippen molar-refractivity contribution in [3.63, 3.8) is 0 Å². The fourth-order valence-corrected chi connectivity index (χ4v) is 9.50. The summed E-state index contributed by atoms with van der Waals surface area (Å²) in [6.45, 7) is 14.0. The molecule has 0 amide bonds. The Morgan fingerprint density at radius 2 is 1.62 bits per heavy atom. The van der Waals surface area contributed by atoms with Gasteiger partial charge in [0.25, 0.3) is 0 Å². The third-order valence-electron chi connectivity index (χ3n) is 11.5. The van der Waals surface area contributed by atoms with Crippen molar-refractivity contribution in [1.29, 1.82) is 0 Å². The van der Waals surface area contributed by atoms with Gasteiger partial charge in [0, 0.05) is 0 Å². The molecule has 10 atom stereocenters. The lowest BCUT2D eigenvalue weighted by Crippen LogP contribution is -2.43. The molecule has 2 N–H and O–H groups in total. The van der Waals surface area contributed by atoms with Crippen LogP contribution in [0.25, 0.3) is 0 Å². The molecule has 0 radical (unpaired) electrons. The smallest absolute Gasteiger partial charge is 0.0701 e. The summed E-state index contributed by atoms with van der Waals surface area (Å²) in [5, 5.41) is 21.8. The molecule has 0 aromatic carbocycles. The molecule has 0 heterocycles. The van der Waals surface area contributed by atoms with Gasteiger partial charge in [-0.2, -0.15) is 0 Å². The monoisotopic (exact) mass is 404 g/mol. The van der Waals surface area contributed by atoms with E-state index >= 15 is 0 Å². The molecule has 2 unspecified atom stereocenters. The van der Waals surface area contributed by atoms with Gasteiger partial charge in [-0.1, -0.05) is 41.5 Å². The van der Waals surface area contributed by atoms with Crippen molar-refractivity contribution in [3.05, 3.63) is 0 Å². The zero-order chi connectivity index (χ0) is 21.2. The molecular formula is C27H48O2. The molecule has 4 aliphatic carbocycles. The first kappa shape index (κ1) is 22.1. The minimum absolute atomic E-state index is 0.140. The lowest BCUT2D eigenvalue weighted by molar-refractivity contribution is -0.0676. The Morgan fingerprint density at radius 1 is 0.897 bits per heavy atom. The van der Waals surface area contributed by atoms with Crippen LogP contribution in [0.3, 0.4) is 0 Å². The van der Waals surface area contributed by atoms with Gasteiger partial charge < -0.3 is 10.2 Å². The molecule has 4 fully saturated rings. The van der Waals surface area contributed by atoms with Crippen LogP contribution in [0.2, 0.25) is 0 Å². The average Bonchev–Trinajstić information content (AvgIpc) is 3.26. The molecule has 29 heavy (non-hydrogen) atoms. The summed E-state index contributed by atoms with van der Waals surface area (Å²) in [6, 6.07) is 0. The second kappa shape index (κ2) is 7.51. The van der Waals surface area contributed by atoms with Crippen molar-refractivity contribution in [3.8, 4) is 0 Å². The molecule has 0 aromatic rings. The van der Waals surface area contributed by atoms with E-state index in [1.807, 2.05) is 0 Å². The summed E-state index contributed by atoms with van der Waals surface area (Å²) in [4.78, 5) is 0. The van der Waals surface area contributed by atoms with Crippen molar-refractivity contribution >= 4 is 0 Å². The molecule has 0 aliphatic heterocycles. The standard InChI is InChI=1S/C27H48O2/c1-7-27(29)15-13-23-19-12-14-25(5)21(18(4)8-11-24(28)17(2)3)9-10-22(25)20(19)16-26(23,27)6/h17-24,28-29H,7-16H2,1-6H3/t18-,19+,20-,21-,22+,23-,24?,25-,26?,27+/m1/s1. The molecule has 4 saturated carbocycles. The highest BCUT2D eigenvalue weighted by atomic mass is 16.3. The quantitative estimate of drug-likeness (QED) is 0.535. The Bertz CT molecular complexity index is 601. The maximum atomic E-state index is 11.5. The van der Waals surface area contributed by atoms with Gasteiger partial charge in [0.2, 0.25) is 0 Å². The number of hydrogen-bond acceptors (Lipinski definition) is 2. The van der Waals surface area contributed by atoms with Crippen molar-refractivity contribution in [2.75, 3.05) is 0 Å². The van der Waals surface area contributed by atoms with Crippen molar-refractivity contribution in [2.24, 2.45) is 52.3 Å². The van der Waals surface area contributed by atoms with Crippen LogP contribution >= 0.6 is 0 Å². The molecule has 0 saturated heterocycles. The summed E-state index contributed by atoms with van der Waals surface area (Å²) >= 11 is 0. The minimum atomic E-state index is -0.413. The van der Waals surface area contributed by atoms with E-state index in [-0.39, 0.29) is 11.5 Å². The zero-order valence-electron chi connectivity index (χ0n) is 20.1. The van der Waals surface area contributed by atoms with Crippen molar-refractivity contribution in [2.45, 2.75) is 117 Å². The van der Waals surface area contributed by atoms with Crippen molar-refractivity contribution < 1.29 is 10.2 Å². The van der Waals surface area contributed by atoms with Crippen LogP contribution in [-0.4, -0.2) is 21.9 Å². The van der Waals surface area contributed by atoms with Crippen molar-refractivity contribution in [1.82, 2.24) is 0 Å². The van der Waals surface area contributed by atoms with E-state index in [0.29, 0.717) is 11.3 Å². The van der Waals surface area contributed by atoms with E-state index in [9.17, 15) is 10.2 Å². The topological polar surface area (TPSA) is 40.5 Å². The molecule has 0 bridgehead atoms. The van der Waals surface area contributed by atoms with Crippen LogP contribution in [0.15, 0.2) is 0 Å². The van der Waals surface area contributed by atoms with Crippen LogP contribution < -0.4 is 0 Å². The van der Waals surface area contributed by atoms with Gasteiger partial charge in [0.05, 0.1) is 11.7 Å². The Labute approximate surface area is 180 Å². The van der Waals surface area contributed by atoms with Crippen LogP contribution in [0.5, 0.6) is 0 Å². The molecule has 4 rings (SSSR count). The SMILES string of the molecule is CC[C@]1(O)CC[C@@H]2[C@H]3CC[C@]4(C)[C@@H]([C@H](C)CCC(O)C(C)C)CC[C@H]4[C@@H]3CC21C. The van der Waals surface area contributed by atoms with E-state index < -0.39 is 5.60 Å². The largest absolute Gasteiger partial charge is 0.393 e. The fourth-order valence-electron chi connectivity index (χ4n) is 9.50. The lowest BCUT2D eigenvalue weighted by atomic mass is 9.56. The summed E-state index contributed by atoms with van der Waals surface area (Å²) in [5.41, 5.74) is 0.236. The van der Waals surface area contributed by atoms with Gasteiger partial charge in [-0.15, -0.1) is 0 Å². The predicted octanol–water partition coefficient (Wildman–Crippen LogP) is 6.44. The number of fused-ring (bicyclic) bond motifs is 5. The van der Waals surface area contributed by atoms with E-state index in [4.69, 9.17) is 0 Å². The number of hydrogen-bond donors (Lipinski definition) is 2. The first-order chi connectivity index (χ1) is 13.6. The Morgan fingerprint density at radius 3 is 2.28 bits per heavy atom. The summed E-state index contributed by atoms with van der Waals surface area (Å²) in [6.07, 6.45) is 12.1. The zero-order valence-corrected chi connectivity index (χ0v) is 20.1. The van der Waals surface area contributed by atoms with Gasteiger partial charge in [0.15, 0.2) is 0 Å². The maximum Gasteiger partial charge on any atom is 0.0701 e. The number of aliphatic hydroxyl groups is 2. The van der Waals surface area contributed by atoms with Gasteiger partial charge >= 0.3 is 0 Å². The van der Waals surface area contributed by atoms with E-state index in [1.54, 1.807) is 0 Å². The summed E-state index contributed by atoms with van der Waals surface area (Å²) in [7, 11) is 0. The lowest BCUT2D eigenvalue weighted by Gasteiger charge is -2.49. The predicted molar refractivity (Wildman–Crippen MR) is 120 cm³/mol. The van der Waals surface area contributed by atoms with Gasteiger partial charge in [-0.3, -0.25) is 0 Å². The third kappa shape index (κ3) is 3.17. The fraction of sp³-hybridized carbons (Fsp3) is 1.00. The van der Waals surface area contributed by atoms with Crippen LogP contribution in [0, 0.1) is 52.3 Å². The molecular weight excluding hydrogens is 356 g/mol. The first-order valence-corrected chi connectivity index (χ1v) is 13.0. The van der Waals surface area contributed by atoms with Gasteiger partial charge in [0.1, 0.15) is 0 Å². The van der Waals surface area contributed by atoms with Crippen LogP contribution in [-0.2, 0) is 0 Å². The van der Waals surface area contributed by atoms with Crippen LogP contribution in [0.1, 0.15) is 106 Å². The number of aliphatic hydroxyl groups excluding tert-OH is 1. The average molecular weight is 405 g/mol. The highest BCUT2D eigenvalue weighted by Gasteiger charge is 2.67. The normalized spacial score (nSPS) is 51.0. The molecule has 4 aliphatic rings. The Kier molecular flexibility index (Phi) is 5.73. The Balaban J connectivity index is 1.49. The molecule has 0 spiro atoms. The highest BCUT2D eigenvalue weighted by molar-refractivity contribution is 5.17. The van der Waals surface area contributed by atoms with E-state index in [1.165, 1.54) is 44.9 Å². The Hall–Kier alpha value is -0.0800. The molecule has 0 aromatic heterocycles. The van der Waals surface area contributed by atoms with E-state index in [0.717, 1.165) is 54.8 Å². The number of rotatable bonds is 6. The second-order valence-corrected chi connectivity index (χ2v) is 12.7. The van der Waals surface area contributed by atoms with Crippen LogP contribution in [0.4, 0.5) is 0 Å². The first-order valence-electron chi connectivity index (χ1n) is 13.0. The summed E-state index contributed by atoms with van der Waals surface area (Å²) in [5.74, 6) is 5.27. The third-order valence-corrected chi connectivity index (χ3v) is 11.5. The van der Waals surface area contributed by atoms with Gasteiger partial charge in [-0.05, 0) is 116 Å². The van der Waals surface area contributed by atoms with E-state index in [2.05, 4.69) is 41.5 Å². The second-order valence-electron chi connectivity index (χ2n) is 12.7. The van der Waals surface area contributed by atoms with Gasteiger partial charge in [-0.25, -0.2) is 0 Å². The molecule has 2 nitrogen and oxygen atoms in total. The molecule has 168 valence electrons. The summed E-state index contributed by atoms with van der Waals surface area (Å²) < 4.78 is 0.